The van der Waals surface area contributed by atoms with E-state index in [0.717, 1.165) is 6.42 Å². The van der Waals surface area contributed by atoms with Crippen LogP contribution in [0.25, 0.3) is 5.65 Å². The largest absolute Gasteiger partial charge is 0.462 e. The molecule has 0 unspecified atom stereocenters. The monoisotopic (exact) mass is 365 g/mol. The molecule has 3 aromatic rings. The molecule has 0 saturated carbocycles. The van der Waals surface area contributed by atoms with Crippen LogP contribution in [0.4, 0.5) is 24.7 Å². The van der Waals surface area contributed by atoms with Gasteiger partial charge >= 0.3 is 12.1 Å². The van der Waals surface area contributed by atoms with Crippen LogP contribution in [-0.2, 0) is 10.9 Å². The Morgan fingerprint density at radius 2 is 1.88 bits per heavy atom. The molecule has 1 aromatic carbocycles. The Labute approximate surface area is 145 Å². The summed E-state index contributed by atoms with van der Waals surface area (Å²) in [5.74, 6) is -1.47. The van der Waals surface area contributed by atoms with Crippen molar-refractivity contribution < 1.29 is 22.7 Å². The predicted octanol–water partition coefficient (Wildman–Crippen LogP) is 3.45. The van der Waals surface area contributed by atoms with Crippen molar-refractivity contribution >= 4 is 23.1 Å². The molecule has 10 heteroatoms. The van der Waals surface area contributed by atoms with Gasteiger partial charge in [-0.3, -0.25) is 0 Å². The van der Waals surface area contributed by atoms with E-state index in [-0.39, 0.29) is 11.5 Å². The van der Waals surface area contributed by atoms with Crippen LogP contribution in [0.1, 0.15) is 29.5 Å². The zero-order valence-corrected chi connectivity index (χ0v) is 13.6. The van der Waals surface area contributed by atoms with E-state index < -0.39 is 18.0 Å². The standard InChI is InChI=1S/C16H14F3N5O2/c1-2-9-26-14(25)10-3-5-11(6-4-10)20-12-7-8-13-21-22-15(16(17,18)19)24(13)23-12/h3-8H,2,9H2,1H3,(H,20,23). The van der Waals surface area contributed by atoms with Gasteiger partial charge in [0.15, 0.2) is 11.5 Å². The number of fused-ring (bicyclic) bond motifs is 1. The van der Waals surface area contributed by atoms with E-state index in [1.165, 1.54) is 12.1 Å². The fraction of sp³-hybridized carbons (Fsp3) is 0.250. The Morgan fingerprint density at radius 3 is 2.54 bits per heavy atom. The van der Waals surface area contributed by atoms with Crippen LogP contribution in [0.15, 0.2) is 36.4 Å². The highest BCUT2D eigenvalue weighted by Gasteiger charge is 2.37. The summed E-state index contributed by atoms with van der Waals surface area (Å²) in [6.07, 6.45) is -3.94. The van der Waals surface area contributed by atoms with Crippen molar-refractivity contribution in [1.82, 2.24) is 19.8 Å². The average Bonchev–Trinajstić information content (AvgIpc) is 3.04. The van der Waals surface area contributed by atoms with Crippen LogP contribution >= 0.6 is 0 Å². The second kappa shape index (κ2) is 6.98. The quantitative estimate of drug-likeness (QED) is 0.698. The number of hydrogen-bond acceptors (Lipinski definition) is 6. The van der Waals surface area contributed by atoms with Crippen LogP contribution in [0.3, 0.4) is 0 Å². The smallest absolute Gasteiger partial charge is 0.453 e. The van der Waals surface area contributed by atoms with E-state index in [0.29, 0.717) is 22.4 Å². The van der Waals surface area contributed by atoms with Gasteiger partial charge in [-0.1, -0.05) is 6.92 Å². The molecule has 0 spiro atoms. The summed E-state index contributed by atoms with van der Waals surface area (Å²) >= 11 is 0. The molecule has 0 amide bonds. The van der Waals surface area contributed by atoms with Gasteiger partial charge in [-0.05, 0) is 42.8 Å². The van der Waals surface area contributed by atoms with Gasteiger partial charge in [0.25, 0.3) is 5.82 Å². The minimum atomic E-state index is -4.66. The van der Waals surface area contributed by atoms with Crippen molar-refractivity contribution in [1.29, 1.82) is 0 Å². The SMILES string of the molecule is CCCOC(=O)c1ccc(Nc2ccc3nnc(C(F)(F)F)n3n2)cc1. The number of carbonyl (C=O) groups is 1. The first-order chi connectivity index (χ1) is 12.4. The highest BCUT2D eigenvalue weighted by molar-refractivity contribution is 5.89. The van der Waals surface area contributed by atoms with Gasteiger partial charge in [0.05, 0.1) is 12.2 Å². The number of halogens is 3. The van der Waals surface area contributed by atoms with Crippen molar-refractivity contribution in [3.05, 3.63) is 47.8 Å². The molecule has 0 aliphatic carbocycles. The maximum atomic E-state index is 12.9. The van der Waals surface area contributed by atoms with E-state index in [1.807, 2.05) is 6.92 Å². The fourth-order valence-electron chi connectivity index (χ4n) is 2.15. The summed E-state index contributed by atoms with van der Waals surface area (Å²) in [5.41, 5.74) is 0.910. The Hall–Kier alpha value is -3.17. The fourth-order valence-corrected chi connectivity index (χ4v) is 2.15. The number of nitrogens with one attached hydrogen (secondary N) is 1. The Bertz CT molecular complexity index is 922. The number of nitrogens with zero attached hydrogens (tertiary/aromatic N) is 4. The molecule has 0 radical (unpaired) electrons. The third kappa shape index (κ3) is 3.73. The summed E-state index contributed by atoms with van der Waals surface area (Å²) in [6, 6.07) is 9.16. The molecule has 7 nitrogen and oxygen atoms in total. The molecular formula is C16H14F3N5O2. The Morgan fingerprint density at radius 1 is 1.15 bits per heavy atom. The van der Waals surface area contributed by atoms with E-state index in [4.69, 9.17) is 4.74 Å². The molecule has 2 heterocycles. The average molecular weight is 365 g/mol. The summed E-state index contributed by atoms with van der Waals surface area (Å²) in [5, 5.41) is 13.3. The van der Waals surface area contributed by atoms with Crippen molar-refractivity contribution in [2.45, 2.75) is 19.5 Å². The van der Waals surface area contributed by atoms with Crippen molar-refractivity contribution in [2.24, 2.45) is 0 Å². The second-order valence-electron chi connectivity index (χ2n) is 5.35. The molecule has 1 N–H and O–H groups in total. The topological polar surface area (TPSA) is 81.4 Å². The van der Waals surface area contributed by atoms with Crippen molar-refractivity contribution in [2.75, 3.05) is 11.9 Å². The van der Waals surface area contributed by atoms with Gasteiger partial charge in [0, 0.05) is 5.69 Å². The molecule has 136 valence electrons. The molecule has 0 aliphatic heterocycles. The lowest BCUT2D eigenvalue weighted by atomic mass is 10.2. The highest BCUT2D eigenvalue weighted by atomic mass is 19.4. The van der Waals surface area contributed by atoms with Crippen LogP contribution in [-0.4, -0.2) is 32.4 Å². The van der Waals surface area contributed by atoms with E-state index in [9.17, 15) is 18.0 Å². The zero-order valence-electron chi connectivity index (χ0n) is 13.6. The second-order valence-corrected chi connectivity index (χ2v) is 5.35. The van der Waals surface area contributed by atoms with Crippen LogP contribution in [0.5, 0.6) is 0 Å². The molecular weight excluding hydrogens is 351 g/mol. The van der Waals surface area contributed by atoms with Gasteiger partial charge in [-0.2, -0.15) is 17.7 Å². The van der Waals surface area contributed by atoms with E-state index in [2.05, 4.69) is 20.6 Å². The molecule has 0 atom stereocenters. The van der Waals surface area contributed by atoms with Crippen molar-refractivity contribution in [3.8, 4) is 0 Å². The van der Waals surface area contributed by atoms with Gasteiger partial charge in [0.2, 0.25) is 0 Å². The molecule has 0 aliphatic rings. The number of anilines is 2. The first kappa shape index (κ1) is 17.6. The first-order valence-corrected chi connectivity index (χ1v) is 7.72. The summed E-state index contributed by atoms with van der Waals surface area (Å²) in [7, 11) is 0. The lowest BCUT2D eigenvalue weighted by molar-refractivity contribution is -0.146. The van der Waals surface area contributed by atoms with E-state index in [1.54, 1.807) is 24.3 Å². The van der Waals surface area contributed by atoms with E-state index >= 15 is 0 Å². The minimum absolute atomic E-state index is 0.0168. The molecule has 0 fully saturated rings. The minimum Gasteiger partial charge on any atom is -0.462 e. The summed E-state index contributed by atoms with van der Waals surface area (Å²) in [6.45, 7) is 2.23. The van der Waals surface area contributed by atoms with Crippen LogP contribution in [0, 0.1) is 0 Å². The summed E-state index contributed by atoms with van der Waals surface area (Å²) < 4.78 is 44.3. The number of alkyl halides is 3. The molecule has 3 rings (SSSR count). The Balaban J connectivity index is 1.79. The third-order valence-corrected chi connectivity index (χ3v) is 3.35. The maximum Gasteiger partial charge on any atom is 0.453 e. The van der Waals surface area contributed by atoms with Gasteiger partial charge in [-0.15, -0.1) is 15.3 Å². The number of ether oxygens (including phenoxy) is 1. The lowest BCUT2D eigenvalue weighted by Crippen LogP contribution is -2.13. The van der Waals surface area contributed by atoms with Crippen LogP contribution < -0.4 is 5.32 Å². The zero-order chi connectivity index (χ0) is 18.7. The number of aromatic nitrogens is 4. The number of esters is 1. The van der Waals surface area contributed by atoms with Crippen molar-refractivity contribution in [3.63, 3.8) is 0 Å². The number of hydrogen-bond donors (Lipinski definition) is 1. The number of rotatable bonds is 5. The summed E-state index contributed by atoms with van der Waals surface area (Å²) in [4.78, 5) is 11.7. The van der Waals surface area contributed by atoms with Crippen LogP contribution in [0.2, 0.25) is 0 Å². The number of carbonyl (C=O) groups excluding carboxylic acids is 1. The number of benzene rings is 1. The highest BCUT2D eigenvalue weighted by Crippen LogP contribution is 2.27. The van der Waals surface area contributed by atoms with Gasteiger partial charge in [0.1, 0.15) is 0 Å². The molecule has 0 bridgehead atoms. The lowest BCUT2D eigenvalue weighted by Gasteiger charge is -2.08. The van der Waals surface area contributed by atoms with Gasteiger partial charge < -0.3 is 10.1 Å². The maximum absolute atomic E-state index is 12.9. The molecule has 2 aromatic heterocycles. The third-order valence-electron chi connectivity index (χ3n) is 3.35. The predicted molar refractivity (Wildman–Crippen MR) is 86.1 cm³/mol. The molecule has 0 saturated heterocycles. The normalized spacial score (nSPS) is 11.5. The molecule has 26 heavy (non-hydrogen) atoms. The first-order valence-electron chi connectivity index (χ1n) is 7.72. The van der Waals surface area contributed by atoms with Gasteiger partial charge in [-0.25, -0.2) is 4.79 Å². The Kier molecular flexibility index (Phi) is 4.74.